The van der Waals surface area contributed by atoms with Gasteiger partial charge in [-0.2, -0.15) is 0 Å². The van der Waals surface area contributed by atoms with E-state index in [1.54, 1.807) is 4.90 Å². The van der Waals surface area contributed by atoms with Gasteiger partial charge in [-0.05, 0) is 63.6 Å². The topological polar surface area (TPSA) is 58.2 Å². The summed E-state index contributed by atoms with van der Waals surface area (Å²) in [5.41, 5.74) is 4.10. The number of carbonyl (C=O) groups is 1. The van der Waals surface area contributed by atoms with E-state index in [9.17, 15) is 4.79 Å². The predicted octanol–water partition coefficient (Wildman–Crippen LogP) is 5.25. The number of benzene rings is 1. The molecule has 2 atom stereocenters. The van der Waals surface area contributed by atoms with Crippen LogP contribution in [0.1, 0.15) is 44.3 Å². The number of carbonyl (C=O) groups excluding carboxylic acids is 1. The van der Waals surface area contributed by atoms with Crippen LogP contribution in [0, 0.1) is 5.92 Å². The summed E-state index contributed by atoms with van der Waals surface area (Å²) in [5, 5.41) is 0. The zero-order valence-corrected chi connectivity index (χ0v) is 18.2. The van der Waals surface area contributed by atoms with Crippen molar-refractivity contribution in [3.63, 3.8) is 0 Å². The molecule has 0 saturated heterocycles. The number of nitrogens with zero attached hydrogens (tertiary/aromatic N) is 2. The fraction of sp³-hybridized carbons (Fsp3) is 0.455. The summed E-state index contributed by atoms with van der Waals surface area (Å²) < 4.78 is 6.73. The molecule has 0 bridgehead atoms. The highest BCUT2D eigenvalue weighted by Gasteiger charge is 2.43. The Bertz CT molecular complexity index is 928. The molecule has 28 heavy (non-hydrogen) atoms. The van der Waals surface area contributed by atoms with Gasteiger partial charge >= 0.3 is 6.09 Å². The van der Waals surface area contributed by atoms with Crippen molar-refractivity contribution in [2.45, 2.75) is 58.2 Å². The lowest BCUT2D eigenvalue weighted by atomic mass is 9.92. The van der Waals surface area contributed by atoms with Gasteiger partial charge in [0.2, 0.25) is 0 Å². The first kappa shape index (κ1) is 19.2. The fourth-order valence-electron chi connectivity index (χ4n) is 3.81. The standard InChI is InChI=1S/C22H26BrN3O2/c1-5-13-11-18(13)26(21(27)28-22(2,3)4)12-19-24-17-9-6-14-10-15(23)7-8-16(14)20(17)25-19/h5,7-8,10,13,18H,1,6,9,11-12H2,2-4H3,(H,24,25). The number of aromatic nitrogens is 2. The molecule has 1 amide bonds. The lowest BCUT2D eigenvalue weighted by molar-refractivity contribution is 0.0205. The molecule has 6 heteroatoms. The molecule has 2 aliphatic carbocycles. The second-order valence-electron chi connectivity index (χ2n) is 8.62. The highest BCUT2D eigenvalue weighted by molar-refractivity contribution is 9.10. The number of hydrogen-bond donors (Lipinski definition) is 1. The van der Waals surface area contributed by atoms with Crippen molar-refractivity contribution in [3.05, 3.63) is 52.4 Å². The third-order valence-electron chi connectivity index (χ3n) is 5.25. The zero-order chi connectivity index (χ0) is 20.1. The van der Waals surface area contributed by atoms with E-state index < -0.39 is 5.60 Å². The lowest BCUT2D eigenvalue weighted by Crippen LogP contribution is -2.38. The first-order valence-electron chi connectivity index (χ1n) is 9.74. The van der Waals surface area contributed by atoms with Crippen LogP contribution in [-0.2, 0) is 24.1 Å². The average Bonchev–Trinajstić information content (AvgIpc) is 3.27. The Labute approximate surface area is 174 Å². The summed E-state index contributed by atoms with van der Waals surface area (Å²) in [6.07, 6.45) is 4.47. The van der Waals surface area contributed by atoms with E-state index in [0.29, 0.717) is 12.5 Å². The van der Waals surface area contributed by atoms with Gasteiger partial charge in [-0.3, -0.25) is 4.90 Å². The van der Waals surface area contributed by atoms with Crippen LogP contribution in [0.15, 0.2) is 35.3 Å². The van der Waals surface area contributed by atoms with Crippen LogP contribution in [0.2, 0.25) is 0 Å². The molecule has 1 N–H and O–H groups in total. The van der Waals surface area contributed by atoms with Crippen LogP contribution in [0.4, 0.5) is 4.79 Å². The van der Waals surface area contributed by atoms with Crippen molar-refractivity contribution < 1.29 is 9.53 Å². The number of hydrogen-bond acceptors (Lipinski definition) is 3. The minimum atomic E-state index is -0.525. The van der Waals surface area contributed by atoms with Crippen LogP contribution in [0.5, 0.6) is 0 Å². The number of imidazole rings is 1. The van der Waals surface area contributed by atoms with Crippen LogP contribution in [-0.4, -0.2) is 32.6 Å². The maximum Gasteiger partial charge on any atom is 0.410 e. The van der Waals surface area contributed by atoms with Gasteiger partial charge in [0.05, 0.1) is 12.2 Å². The molecule has 148 valence electrons. The molecule has 4 rings (SSSR count). The first-order chi connectivity index (χ1) is 13.2. The van der Waals surface area contributed by atoms with Gasteiger partial charge in [-0.15, -0.1) is 6.58 Å². The molecule has 1 heterocycles. The molecule has 0 aliphatic heterocycles. The minimum Gasteiger partial charge on any atom is -0.444 e. The Morgan fingerprint density at radius 1 is 1.43 bits per heavy atom. The predicted molar refractivity (Wildman–Crippen MR) is 113 cm³/mol. The van der Waals surface area contributed by atoms with E-state index in [4.69, 9.17) is 9.72 Å². The highest BCUT2D eigenvalue weighted by atomic mass is 79.9. The molecule has 5 nitrogen and oxygen atoms in total. The number of nitrogens with one attached hydrogen (secondary N) is 1. The monoisotopic (exact) mass is 443 g/mol. The number of aryl methyl sites for hydroxylation is 2. The van der Waals surface area contributed by atoms with Crippen molar-refractivity contribution in [2.24, 2.45) is 5.92 Å². The summed E-state index contributed by atoms with van der Waals surface area (Å²) in [5.74, 6) is 1.14. The molecular weight excluding hydrogens is 418 g/mol. The van der Waals surface area contributed by atoms with Gasteiger partial charge in [0.15, 0.2) is 0 Å². The fourth-order valence-corrected chi connectivity index (χ4v) is 4.22. The molecule has 2 aliphatic rings. The number of fused-ring (bicyclic) bond motifs is 3. The number of halogens is 1. The van der Waals surface area contributed by atoms with Crippen LogP contribution in [0.3, 0.4) is 0 Å². The SMILES string of the molecule is C=CC1CC1N(Cc1nc2c([nH]1)CCc1cc(Br)ccc1-2)C(=O)OC(C)(C)C. The van der Waals surface area contributed by atoms with Crippen LogP contribution < -0.4 is 0 Å². The molecule has 0 spiro atoms. The van der Waals surface area contributed by atoms with E-state index in [2.05, 4.69) is 39.6 Å². The third-order valence-corrected chi connectivity index (χ3v) is 5.74. The summed E-state index contributed by atoms with van der Waals surface area (Å²) in [6, 6.07) is 6.47. The highest BCUT2D eigenvalue weighted by Crippen LogP contribution is 2.39. The van der Waals surface area contributed by atoms with Gasteiger partial charge in [0.1, 0.15) is 11.4 Å². The maximum atomic E-state index is 12.8. The first-order valence-corrected chi connectivity index (χ1v) is 10.5. The van der Waals surface area contributed by atoms with E-state index in [1.807, 2.05) is 32.9 Å². The molecule has 1 saturated carbocycles. The van der Waals surface area contributed by atoms with Crippen molar-refractivity contribution >= 4 is 22.0 Å². The van der Waals surface area contributed by atoms with Crippen molar-refractivity contribution in [3.8, 4) is 11.3 Å². The smallest absolute Gasteiger partial charge is 0.410 e. The van der Waals surface area contributed by atoms with Gasteiger partial charge in [0, 0.05) is 21.8 Å². The number of rotatable bonds is 4. The Morgan fingerprint density at radius 2 is 2.21 bits per heavy atom. The lowest BCUT2D eigenvalue weighted by Gasteiger charge is -2.27. The van der Waals surface area contributed by atoms with Crippen LogP contribution >= 0.6 is 15.9 Å². The molecule has 2 unspecified atom stereocenters. The maximum absolute atomic E-state index is 12.8. The van der Waals surface area contributed by atoms with Gasteiger partial charge in [0.25, 0.3) is 0 Å². The average molecular weight is 444 g/mol. The number of ether oxygens (including phenoxy) is 1. The molecule has 1 aromatic heterocycles. The third kappa shape index (κ3) is 3.88. The van der Waals surface area contributed by atoms with Crippen molar-refractivity contribution in [2.75, 3.05) is 0 Å². The number of H-pyrrole nitrogens is 1. The van der Waals surface area contributed by atoms with Crippen LogP contribution in [0.25, 0.3) is 11.3 Å². The molecule has 1 aromatic carbocycles. The largest absolute Gasteiger partial charge is 0.444 e. The second-order valence-corrected chi connectivity index (χ2v) is 9.54. The summed E-state index contributed by atoms with van der Waals surface area (Å²) in [6.45, 7) is 9.97. The molecule has 2 aromatic rings. The Kier molecular flexibility index (Phi) is 4.86. The van der Waals surface area contributed by atoms with Gasteiger partial charge < -0.3 is 9.72 Å². The van der Waals surface area contributed by atoms with E-state index in [0.717, 1.165) is 40.9 Å². The normalized spacial score (nSPS) is 20.1. The number of amides is 1. The Morgan fingerprint density at radius 3 is 2.89 bits per heavy atom. The van der Waals surface area contributed by atoms with Gasteiger partial charge in [-0.25, -0.2) is 9.78 Å². The van der Waals surface area contributed by atoms with E-state index >= 15 is 0 Å². The van der Waals surface area contributed by atoms with E-state index in [-0.39, 0.29) is 12.1 Å². The molecular formula is C22H26BrN3O2. The number of aromatic amines is 1. The summed E-state index contributed by atoms with van der Waals surface area (Å²) in [7, 11) is 0. The Hall–Kier alpha value is -2.08. The Balaban J connectivity index is 1.59. The van der Waals surface area contributed by atoms with Gasteiger partial charge in [-0.1, -0.05) is 28.1 Å². The van der Waals surface area contributed by atoms with Crippen molar-refractivity contribution in [1.82, 2.24) is 14.9 Å². The zero-order valence-electron chi connectivity index (χ0n) is 16.6. The van der Waals surface area contributed by atoms with E-state index in [1.165, 1.54) is 11.1 Å². The van der Waals surface area contributed by atoms with Crippen molar-refractivity contribution in [1.29, 1.82) is 0 Å². The second kappa shape index (κ2) is 7.07. The molecule has 1 fully saturated rings. The summed E-state index contributed by atoms with van der Waals surface area (Å²) in [4.78, 5) is 22.9. The molecule has 0 radical (unpaired) electrons. The summed E-state index contributed by atoms with van der Waals surface area (Å²) >= 11 is 3.55. The minimum absolute atomic E-state index is 0.137. The quantitative estimate of drug-likeness (QED) is 0.656.